The Morgan fingerprint density at radius 3 is 2.50 bits per heavy atom. The molecule has 0 radical (unpaired) electrons. The Bertz CT molecular complexity index is 750. The molecule has 0 bridgehead atoms. The minimum Gasteiger partial charge on any atom is -0.511 e. The molecule has 0 saturated heterocycles. The lowest BCUT2D eigenvalue weighted by Gasteiger charge is -2.25. The fourth-order valence-electron chi connectivity index (χ4n) is 2.50. The molecule has 6 N–H and O–H groups in total. The molecule has 0 amide bonds. The van der Waals surface area contributed by atoms with Gasteiger partial charge < -0.3 is 30.2 Å². The molecule has 0 spiro atoms. The van der Waals surface area contributed by atoms with E-state index in [1.807, 2.05) is 0 Å². The van der Waals surface area contributed by atoms with Crippen LogP contribution in [0, 0.1) is 5.92 Å². The smallest absolute Gasteiger partial charge is 0.448 e. The maximum absolute atomic E-state index is 11.1. The van der Waals surface area contributed by atoms with Gasteiger partial charge in [0, 0.05) is 12.2 Å². The molecule has 1 aromatic rings. The molecule has 2 unspecified atom stereocenters. The van der Waals surface area contributed by atoms with E-state index in [1.165, 1.54) is 12.1 Å². The third-order valence-electron chi connectivity index (χ3n) is 3.50. The first-order valence-corrected chi connectivity index (χ1v) is 8.65. The van der Waals surface area contributed by atoms with E-state index in [9.17, 15) is 25.0 Å². The molecule has 0 aliphatic heterocycles. The molecule has 1 aromatic carbocycles. The second-order valence-corrected chi connectivity index (χ2v) is 6.66. The summed E-state index contributed by atoms with van der Waals surface area (Å²) in [6.07, 6.45) is 1.28. The van der Waals surface area contributed by atoms with Crippen LogP contribution in [0.2, 0.25) is 0 Å². The fraction of sp³-hybridized carbons (Fsp3) is 0.267. The second kappa shape index (κ2) is 7.19. The number of nitrogens with zero attached hydrogens (tertiary/aromatic N) is 1. The molecule has 2 rings (SSSR count). The molecule has 1 aliphatic carbocycles. The highest BCUT2D eigenvalue weighted by Crippen LogP contribution is 2.39. The van der Waals surface area contributed by atoms with Gasteiger partial charge in [0.25, 0.3) is 0 Å². The van der Waals surface area contributed by atoms with Crippen molar-refractivity contribution in [2.75, 3.05) is 0 Å². The number of phenols is 1. The number of aliphatic hydroxyl groups excluding tert-OH is 3. The standard InChI is InChI=1S/C15H18NO7P/c17-10-3-1-2-9(6-10)4-5-13(19)15-12(16-24(21,22)23)7-11(18)8-14(15)20/h1-3,6-8,13,15,17-20H,4-5H2,(H2,21,22,23). The van der Waals surface area contributed by atoms with Gasteiger partial charge in [0.2, 0.25) is 0 Å². The summed E-state index contributed by atoms with van der Waals surface area (Å²) in [5.74, 6) is -1.94. The number of aromatic hydroxyl groups is 1. The minimum atomic E-state index is -4.80. The van der Waals surface area contributed by atoms with Crippen LogP contribution in [-0.2, 0) is 11.0 Å². The van der Waals surface area contributed by atoms with Crippen LogP contribution in [0.25, 0.3) is 0 Å². The minimum absolute atomic E-state index is 0.0824. The van der Waals surface area contributed by atoms with Gasteiger partial charge in [0.1, 0.15) is 17.3 Å². The summed E-state index contributed by atoms with van der Waals surface area (Å²) in [5, 5.41) is 39.1. The predicted molar refractivity (Wildman–Crippen MR) is 86.8 cm³/mol. The van der Waals surface area contributed by atoms with E-state index in [0.717, 1.165) is 17.7 Å². The van der Waals surface area contributed by atoms with Crippen LogP contribution in [0.3, 0.4) is 0 Å². The van der Waals surface area contributed by atoms with Crippen LogP contribution in [-0.4, -0.2) is 42.0 Å². The van der Waals surface area contributed by atoms with Crippen molar-refractivity contribution in [3.8, 4) is 5.75 Å². The molecular formula is C15H18NO7P. The molecule has 0 aromatic heterocycles. The van der Waals surface area contributed by atoms with E-state index in [2.05, 4.69) is 4.76 Å². The fourth-order valence-corrected chi connectivity index (χ4v) is 2.99. The number of aryl methyl sites for hydroxylation is 1. The van der Waals surface area contributed by atoms with Gasteiger partial charge in [0.05, 0.1) is 17.7 Å². The molecule has 2 atom stereocenters. The van der Waals surface area contributed by atoms with Gasteiger partial charge >= 0.3 is 7.75 Å². The van der Waals surface area contributed by atoms with E-state index in [-0.39, 0.29) is 17.9 Å². The van der Waals surface area contributed by atoms with Crippen molar-refractivity contribution >= 4 is 13.5 Å². The summed E-state index contributed by atoms with van der Waals surface area (Å²) in [6.45, 7) is 0. The lowest BCUT2D eigenvalue weighted by atomic mass is 9.87. The number of allylic oxidation sites excluding steroid dienone is 2. The summed E-state index contributed by atoms with van der Waals surface area (Å²) in [7, 11) is -4.80. The van der Waals surface area contributed by atoms with E-state index < -0.39 is 31.3 Å². The molecular weight excluding hydrogens is 337 g/mol. The Morgan fingerprint density at radius 1 is 1.17 bits per heavy atom. The summed E-state index contributed by atoms with van der Waals surface area (Å²) in [4.78, 5) is 18.0. The first kappa shape index (κ1) is 18.2. The van der Waals surface area contributed by atoms with Crippen molar-refractivity contribution < 1.29 is 34.8 Å². The molecule has 9 heteroatoms. The van der Waals surface area contributed by atoms with Gasteiger partial charge in [-0.15, -0.1) is 0 Å². The van der Waals surface area contributed by atoms with Gasteiger partial charge in [-0.25, -0.2) is 4.57 Å². The molecule has 130 valence electrons. The number of hydrogen-bond acceptors (Lipinski definition) is 5. The Hall–Kier alpha value is -2.12. The highest BCUT2D eigenvalue weighted by Gasteiger charge is 2.32. The molecule has 1 aliphatic rings. The van der Waals surface area contributed by atoms with E-state index in [1.54, 1.807) is 12.1 Å². The van der Waals surface area contributed by atoms with Crippen molar-refractivity contribution in [1.29, 1.82) is 0 Å². The van der Waals surface area contributed by atoms with Gasteiger partial charge in [-0.2, -0.15) is 4.76 Å². The SMILES string of the molecule is O=P(O)(O)N=C1C=C(O)C=C(O)C1C(O)CCc1cccc(O)c1. The Kier molecular flexibility index (Phi) is 5.46. The van der Waals surface area contributed by atoms with Gasteiger partial charge in [-0.1, -0.05) is 12.1 Å². The number of rotatable bonds is 5. The van der Waals surface area contributed by atoms with Gasteiger partial charge in [0.15, 0.2) is 0 Å². The number of aliphatic hydroxyl groups is 3. The maximum Gasteiger partial charge on any atom is 0.448 e. The van der Waals surface area contributed by atoms with Crippen molar-refractivity contribution in [2.45, 2.75) is 18.9 Å². The number of phenolic OH excluding ortho intramolecular Hbond substituents is 1. The van der Waals surface area contributed by atoms with Crippen molar-refractivity contribution in [1.82, 2.24) is 0 Å². The molecule has 8 nitrogen and oxygen atoms in total. The highest BCUT2D eigenvalue weighted by atomic mass is 31.2. The summed E-state index contributed by atoms with van der Waals surface area (Å²) >= 11 is 0. The zero-order valence-corrected chi connectivity index (χ0v) is 13.4. The zero-order chi connectivity index (χ0) is 17.9. The topological polar surface area (TPSA) is 151 Å². The predicted octanol–water partition coefficient (Wildman–Crippen LogP) is 1.73. The Labute approximate surface area is 138 Å². The third-order valence-corrected chi connectivity index (χ3v) is 3.99. The summed E-state index contributed by atoms with van der Waals surface area (Å²) in [5.41, 5.74) is 0.449. The van der Waals surface area contributed by atoms with E-state index in [0.29, 0.717) is 6.42 Å². The lowest BCUT2D eigenvalue weighted by Crippen LogP contribution is -2.31. The molecule has 0 heterocycles. The van der Waals surface area contributed by atoms with Crippen molar-refractivity contribution in [3.05, 3.63) is 53.5 Å². The largest absolute Gasteiger partial charge is 0.511 e. The average molecular weight is 355 g/mol. The Balaban J connectivity index is 2.19. The first-order chi connectivity index (χ1) is 11.2. The van der Waals surface area contributed by atoms with Gasteiger partial charge in [-0.3, -0.25) is 0 Å². The van der Waals surface area contributed by atoms with Crippen LogP contribution in [0.1, 0.15) is 12.0 Å². The molecule has 24 heavy (non-hydrogen) atoms. The summed E-state index contributed by atoms with van der Waals surface area (Å²) in [6, 6.07) is 6.43. The number of hydrogen-bond donors (Lipinski definition) is 6. The lowest BCUT2D eigenvalue weighted by molar-refractivity contribution is 0.122. The average Bonchev–Trinajstić information content (AvgIpc) is 2.42. The number of benzene rings is 1. The van der Waals surface area contributed by atoms with Crippen LogP contribution >= 0.6 is 7.75 Å². The normalized spacial score (nSPS) is 21.3. The monoisotopic (exact) mass is 355 g/mol. The molecule has 0 saturated carbocycles. The maximum atomic E-state index is 11.1. The molecule has 0 fully saturated rings. The van der Waals surface area contributed by atoms with Crippen LogP contribution in [0.15, 0.2) is 52.7 Å². The quantitative estimate of drug-likeness (QED) is 0.440. The van der Waals surface area contributed by atoms with Crippen LogP contribution < -0.4 is 0 Å². The van der Waals surface area contributed by atoms with Crippen molar-refractivity contribution in [3.63, 3.8) is 0 Å². The van der Waals surface area contributed by atoms with Crippen LogP contribution in [0.4, 0.5) is 0 Å². The van der Waals surface area contributed by atoms with Crippen LogP contribution in [0.5, 0.6) is 5.75 Å². The first-order valence-electron chi connectivity index (χ1n) is 7.08. The van der Waals surface area contributed by atoms with E-state index in [4.69, 9.17) is 9.79 Å². The van der Waals surface area contributed by atoms with Crippen molar-refractivity contribution in [2.24, 2.45) is 10.7 Å². The van der Waals surface area contributed by atoms with Gasteiger partial charge in [-0.05, 0) is 30.5 Å². The summed E-state index contributed by atoms with van der Waals surface area (Å²) < 4.78 is 14.3. The zero-order valence-electron chi connectivity index (χ0n) is 12.5. The Morgan fingerprint density at radius 2 is 1.88 bits per heavy atom. The third kappa shape index (κ3) is 4.94. The highest BCUT2D eigenvalue weighted by molar-refractivity contribution is 7.50. The second-order valence-electron chi connectivity index (χ2n) is 5.43. The van der Waals surface area contributed by atoms with E-state index >= 15 is 0 Å².